The number of carboxylic acid groups (broad SMARTS) is 1. The highest BCUT2D eigenvalue weighted by Crippen LogP contribution is 2.19. The van der Waals surface area contributed by atoms with Crippen LogP contribution in [0.2, 0.25) is 0 Å². The zero-order valence-electron chi connectivity index (χ0n) is 7.03. The van der Waals surface area contributed by atoms with Gasteiger partial charge in [0, 0.05) is 19.7 Å². The molecular weight excluding hydrogens is 158 g/mol. The van der Waals surface area contributed by atoms with Gasteiger partial charge in [0.2, 0.25) is 0 Å². The molecule has 1 amide bonds. The second kappa shape index (κ2) is 4.30. The van der Waals surface area contributed by atoms with Crippen molar-refractivity contribution in [3.8, 4) is 0 Å². The molecule has 1 aliphatic heterocycles. The summed E-state index contributed by atoms with van der Waals surface area (Å²) in [7, 11) is 0. The first-order valence-corrected chi connectivity index (χ1v) is 4.31. The quantitative estimate of drug-likeness (QED) is 0.606. The number of hydrogen-bond acceptors (Lipinski definition) is 3. The number of carbonyl (C=O) groups excluding carboxylic acids is 1. The zero-order valence-corrected chi connectivity index (χ0v) is 7.03. The summed E-state index contributed by atoms with van der Waals surface area (Å²) in [5, 5.41) is 19.0. The van der Waals surface area contributed by atoms with Gasteiger partial charge < -0.3 is 19.9 Å². The molecule has 0 bridgehead atoms. The van der Waals surface area contributed by atoms with Crippen molar-refractivity contribution in [1.29, 1.82) is 0 Å². The van der Waals surface area contributed by atoms with Crippen molar-refractivity contribution in [2.75, 3.05) is 19.7 Å². The molecule has 70 valence electrons. The van der Waals surface area contributed by atoms with E-state index in [4.69, 9.17) is 5.11 Å². The highest BCUT2D eigenvalue weighted by molar-refractivity contribution is 5.62. The summed E-state index contributed by atoms with van der Waals surface area (Å²) >= 11 is 0. The predicted octanol–water partition coefficient (Wildman–Crippen LogP) is -0.576. The van der Waals surface area contributed by atoms with Crippen molar-refractivity contribution in [2.24, 2.45) is 5.92 Å². The van der Waals surface area contributed by atoms with Crippen molar-refractivity contribution in [3.63, 3.8) is 0 Å². The summed E-state index contributed by atoms with van der Waals surface area (Å²) in [6.07, 6.45) is 1.43. The minimum absolute atomic E-state index is 0.204. The minimum Gasteiger partial charge on any atom is -0.530 e. The monoisotopic (exact) mass is 172 g/mol. The third-order valence-corrected chi connectivity index (χ3v) is 2.41. The van der Waals surface area contributed by atoms with Gasteiger partial charge in [0.25, 0.3) is 0 Å². The molecule has 4 nitrogen and oxygen atoms in total. The molecule has 4 heteroatoms. The molecule has 0 saturated carbocycles. The lowest BCUT2D eigenvalue weighted by molar-refractivity contribution is -0.266. The Balaban J connectivity index is 2.25. The van der Waals surface area contributed by atoms with Crippen molar-refractivity contribution in [3.05, 3.63) is 0 Å². The molecule has 12 heavy (non-hydrogen) atoms. The van der Waals surface area contributed by atoms with Gasteiger partial charge in [0.1, 0.15) is 6.09 Å². The Bertz CT molecular complexity index is 152. The van der Waals surface area contributed by atoms with Crippen LogP contribution >= 0.6 is 0 Å². The Morgan fingerprint density at radius 1 is 1.50 bits per heavy atom. The maximum atomic E-state index is 10.4. The largest absolute Gasteiger partial charge is 0.530 e. The van der Waals surface area contributed by atoms with E-state index >= 15 is 0 Å². The number of aliphatic hydroxyl groups excluding tert-OH is 1. The van der Waals surface area contributed by atoms with Crippen LogP contribution in [0.15, 0.2) is 0 Å². The van der Waals surface area contributed by atoms with E-state index in [0.29, 0.717) is 19.0 Å². The van der Waals surface area contributed by atoms with Gasteiger partial charge in [-0.2, -0.15) is 0 Å². The van der Waals surface area contributed by atoms with Crippen molar-refractivity contribution >= 4 is 6.09 Å². The lowest BCUT2D eigenvalue weighted by atomic mass is 9.94. The van der Waals surface area contributed by atoms with Crippen LogP contribution < -0.4 is 5.11 Å². The summed E-state index contributed by atoms with van der Waals surface area (Å²) in [4.78, 5) is 11.7. The molecule has 0 unspecified atom stereocenters. The highest BCUT2D eigenvalue weighted by atomic mass is 16.4. The number of hydrogen-bond donors (Lipinski definition) is 1. The van der Waals surface area contributed by atoms with E-state index in [-0.39, 0.29) is 6.61 Å². The van der Waals surface area contributed by atoms with Crippen LogP contribution in [-0.4, -0.2) is 35.8 Å². The van der Waals surface area contributed by atoms with Crippen LogP contribution in [-0.2, 0) is 0 Å². The smallest absolute Gasteiger partial charge is 0.136 e. The summed E-state index contributed by atoms with van der Waals surface area (Å²) < 4.78 is 0. The topological polar surface area (TPSA) is 63.6 Å². The third kappa shape index (κ3) is 2.37. The fourth-order valence-corrected chi connectivity index (χ4v) is 1.59. The van der Waals surface area contributed by atoms with Crippen LogP contribution in [0.1, 0.15) is 19.3 Å². The average molecular weight is 172 g/mol. The first-order chi connectivity index (χ1) is 5.74. The Morgan fingerprint density at radius 2 is 2.08 bits per heavy atom. The number of amides is 1. The number of likely N-dealkylation sites (tertiary alicyclic amines) is 1. The Labute approximate surface area is 71.8 Å². The first-order valence-electron chi connectivity index (χ1n) is 4.31. The fraction of sp³-hybridized carbons (Fsp3) is 0.875. The summed E-state index contributed by atoms with van der Waals surface area (Å²) in [6.45, 7) is 1.33. The van der Waals surface area contributed by atoms with E-state index in [1.807, 2.05) is 0 Å². The highest BCUT2D eigenvalue weighted by Gasteiger charge is 2.17. The number of nitrogens with zero attached hydrogens (tertiary/aromatic N) is 1. The molecule has 1 heterocycles. The molecule has 0 aliphatic carbocycles. The van der Waals surface area contributed by atoms with Crippen molar-refractivity contribution < 1.29 is 15.0 Å². The normalized spacial score (nSPS) is 19.6. The summed E-state index contributed by atoms with van der Waals surface area (Å²) in [5.41, 5.74) is 0. The zero-order chi connectivity index (χ0) is 8.97. The minimum atomic E-state index is -1.07. The van der Waals surface area contributed by atoms with E-state index in [1.165, 1.54) is 4.90 Å². The second-order valence-electron chi connectivity index (χ2n) is 3.21. The molecule has 0 atom stereocenters. The van der Waals surface area contributed by atoms with E-state index in [2.05, 4.69) is 0 Å². The van der Waals surface area contributed by atoms with Gasteiger partial charge in [-0.25, -0.2) is 0 Å². The molecule has 1 aliphatic rings. The molecule has 0 radical (unpaired) electrons. The Morgan fingerprint density at radius 3 is 2.50 bits per heavy atom. The van der Waals surface area contributed by atoms with E-state index in [9.17, 15) is 9.90 Å². The van der Waals surface area contributed by atoms with Gasteiger partial charge in [-0.1, -0.05) is 0 Å². The Hall–Kier alpha value is -0.770. The molecule has 1 N–H and O–H groups in total. The SMILES string of the molecule is O=C([O-])N1CCC(CCO)CC1. The van der Waals surface area contributed by atoms with Gasteiger partial charge in [0.15, 0.2) is 0 Å². The van der Waals surface area contributed by atoms with Gasteiger partial charge in [-0.15, -0.1) is 0 Å². The number of piperidine rings is 1. The van der Waals surface area contributed by atoms with Crippen LogP contribution in [0.25, 0.3) is 0 Å². The van der Waals surface area contributed by atoms with E-state index in [0.717, 1.165) is 19.3 Å². The predicted molar refractivity (Wildman–Crippen MR) is 41.4 cm³/mol. The number of aliphatic hydroxyl groups is 1. The number of rotatable bonds is 2. The molecule has 0 aromatic rings. The van der Waals surface area contributed by atoms with Crippen LogP contribution in [0.5, 0.6) is 0 Å². The number of carbonyl (C=O) groups is 1. The Kier molecular flexibility index (Phi) is 3.34. The lowest BCUT2D eigenvalue weighted by Crippen LogP contribution is -2.45. The maximum Gasteiger partial charge on any atom is 0.136 e. The molecule has 1 saturated heterocycles. The van der Waals surface area contributed by atoms with Crippen LogP contribution in [0.4, 0.5) is 4.79 Å². The summed E-state index contributed by atoms with van der Waals surface area (Å²) in [6, 6.07) is 0. The standard InChI is InChI=1S/C8H15NO3/c10-6-3-7-1-4-9(5-2-7)8(11)12/h7,10H,1-6H2,(H,11,12)/p-1. The van der Waals surface area contributed by atoms with E-state index in [1.54, 1.807) is 0 Å². The molecule has 0 aromatic heterocycles. The van der Waals surface area contributed by atoms with Gasteiger partial charge in [0.05, 0.1) is 0 Å². The van der Waals surface area contributed by atoms with Gasteiger partial charge in [-0.3, -0.25) is 0 Å². The first kappa shape index (κ1) is 9.32. The fourth-order valence-electron chi connectivity index (χ4n) is 1.59. The lowest BCUT2D eigenvalue weighted by Gasteiger charge is -2.33. The molecular formula is C8H14NO3-. The third-order valence-electron chi connectivity index (χ3n) is 2.41. The second-order valence-corrected chi connectivity index (χ2v) is 3.21. The van der Waals surface area contributed by atoms with Gasteiger partial charge in [-0.05, 0) is 25.2 Å². The van der Waals surface area contributed by atoms with Crippen molar-refractivity contribution in [1.82, 2.24) is 4.90 Å². The molecule has 0 aromatic carbocycles. The average Bonchev–Trinajstić information content (AvgIpc) is 2.06. The molecule has 0 spiro atoms. The van der Waals surface area contributed by atoms with Crippen LogP contribution in [0, 0.1) is 5.92 Å². The molecule has 1 fully saturated rings. The summed E-state index contributed by atoms with van der Waals surface area (Å²) in [5.74, 6) is 0.491. The van der Waals surface area contributed by atoms with Crippen LogP contribution in [0.3, 0.4) is 0 Å². The maximum absolute atomic E-state index is 10.4. The van der Waals surface area contributed by atoms with Crippen molar-refractivity contribution in [2.45, 2.75) is 19.3 Å². The van der Waals surface area contributed by atoms with E-state index < -0.39 is 6.09 Å². The molecule has 1 rings (SSSR count). The van der Waals surface area contributed by atoms with Gasteiger partial charge >= 0.3 is 0 Å².